The van der Waals surface area contributed by atoms with Gasteiger partial charge in [0.1, 0.15) is 0 Å². The molecule has 0 aliphatic heterocycles. The lowest BCUT2D eigenvalue weighted by atomic mass is 10.0. The van der Waals surface area contributed by atoms with E-state index in [4.69, 9.17) is 0 Å². The van der Waals surface area contributed by atoms with Gasteiger partial charge in [-0.2, -0.15) is 0 Å². The highest BCUT2D eigenvalue weighted by atomic mass is 32.2. The van der Waals surface area contributed by atoms with Gasteiger partial charge in [0.25, 0.3) is 0 Å². The number of carbonyl (C=O) groups is 1. The van der Waals surface area contributed by atoms with Crippen LogP contribution in [-0.4, -0.2) is 26.6 Å². The van der Waals surface area contributed by atoms with Crippen LogP contribution in [0.5, 0.6) is 0 Å². The van der Waals surface area contributed by atoms with Crippen LogP contribution < -0.4 is 10.0 Å². The van der Waals surface area contributed by atoms with Crippen molar-refractivity contribution in [2.24, 2.45) is 0 Å². The van der Waals surface area contributed by atoms with Crippen LogP contribution in [-0.2, 0) is 14.8 Å². The van der Waals surface area contributed by atoms with Crippen LogP contribution in [0, 0.1) is 0 Å². The minimum atomic E-state index is -3.34. The van der Waals surface area contributed by atoms with E-state index in [9.17, 15) is 13.2 Å². The third-order valence-corrected chi connectivity index (χ3v) is 4.04. The Morgan fingerprint density at radius 3 is 2.26 bits per heavy atom. The molecule has 0 aliphatic carbocycles. The summed E-state index contributed by atoms with van der Waals surface area (Å²) in [7, 11) is -3.34. The normalized spacial score (nSPS) is 11.6. The molecule has 1 aromatic rings. The van der Waals surface area contributed by atoms with Gasteiger partial charge in [-0.05, 0) is 30.5 Å². The second-order valence-corrected chi connectivity index (χ2v) is 6.64. The summed E-state index contributed by atoms with van der Waals surface area (Å²) in [5.41, 5.74) is 1.84. The van der Waals surface area contributed by atoms with E-state index in [1.807, 2.05) is 24.3 Å². The SMILES string of the molecule is CCS(=O)(=O)NCC(=O)Nc1ccc(C(C)C)cc1. The number of rotatable bonds is 6. The Kier molecular flexibility index (Phi) is 5.50. The first-order valence-corrected chi connectivity index (χ1v) is 7.86. The first-order chi connectivity index (χ1) is 8.84. The molecule has 0 atom stereocenters. The Labute approximate surface area is 114 Å². The predicted molar refractivity (Wildman–Crippen MR) is 76.6 cm³/mol. The van der Waals surface area contributed by atoms with Gasteiger partial charge in [-0.25, -0.2) is 13.1 Å². The fourth-order valence-corrected chi connectivity index (χ4v) is 1.99. The van der Waals surface area contributed by atoms with E-state index in [2.05, 4.69) is 23.9 Å². The van der Waals surface area contributed by atoms with Crippen molar-refractivity contribution >= 4 is 21.6 Å². The zero-order valence-electron chi connectivity index (χ0n) is 11.4. The van der Waals surface area contributed by atoms with E-state index in [0.29, 0.717) is 11.6 Å². The summed E-state index contributed by atoms with van der Waals surface area (Å²) in [6.45, 7) is 5.45. The van der Waals surface area contributed by atoms with Crippen LogP contribution in [0.1, 0.15) is 32.3 Å². The Balaban J connectivity index is 2.53. The van der Waals surface area contributed by atoms with Crippen LogP contribution >= 0.6 is 0 Å². The Bertz CT molecular complexity index is 521. The van der Waals surface area contributed by atoms with E-state index >= 15 is 0 Å². The van der Waals surface area contributed by atoms with Crippen molar-refractivity contribution in [2.75, 3.05) is 17.6 Å². The molecule has 0 bridgehead atoms. The van der Waals surface area contributed by atoms with Crippen LogP contribution in [0.4, 0.5) is 5.69 Å². The molecule has 0 fully saturated rings. The van der Waals surface area contributed by atoms with Gasteiger partial charge in [-0.15, -0.1) is 0 Å². The van der Waals surface area contributed by atoms with Gasteiger partial charge >= 0.3 is 0 Å². The molecular weight excluding hydrogens is 264 g/mol. The lowest BCUT2D eigenvalue weighted by Gasteiger charge is -2.09. The average molecular weight is 284 g/mol. The molecular formula is C13H20N2O3S. The van der Waals surface area contributed by atoms with Gasteiger partial charge in [-0.1, -0.05) is 26.0 Å². The van der Waals surface area contributed by atoms with Gasteiger partial charge < -0.3 is 5.32 Å². The number of hydrogen-bond donors (Lipinski definition) is 2. The third-order valence-electron chi connectivity index (χ3n) is 2.69. The maximum atomic E-state index is 11.6. The van der Waals surface area contributed by atoms with Gasteiger partial charge in [-0.3, -0.25) is 4.79 Å². The highest BCUT2D eigenvalue weighted by Crippen LogP contribution is 2.16. The van der Waals surface area contributed by atoms with Gasteiger partial charge in [0.2, 0.25) is 15.9 Å². The second-order valence-electron chi connectivity index (χ2n) is 4.55. The molecule has 0 radical (unpaired) electrons. The summed E-state index contributed by atoms with van der Waals surface area (Å²) >= 11 is 0. The summed E-state index contributed by atoms with van der Waals surface area (Å²) in [4.78, 5) is 11.6. The van der Waals surface area contributed by atoms with Crippen LogP contribution in [0.15, 0.2) is 24.3 Å². The van der Waals surface area contributed by atoms with Crippen LogP contribution in [0.3, 0.4) is 0 Å². The number of nitrogens with one attached hydrogen (secondary N) is 2. The highest BCUT2D eigenvalue weighted by Gasteiger charge is 2.09. The fourth-order valence-electron chi connectivity index (χ4n) is 1.43. The largest absolute Gasteiger partial charge is 0.325 e. The molecule has 0 saturated heterocycles. The molecule has 6 heteroatoms. The molecule has 0 aliphatic rings. The number of benzene rings is 1. The van der Waals surface area contributed by atoms with E-state index in [1.165, 1.54) is 12.5 Å². The highest BCUT2D eigenvalue weighted by molar-refractivity contribution is 7.89. The van der Waals surface area contributed by atoms with Gasteiger partial charge in [0.15, 0.2) is 0 Å². The molecule has 0 unspecified atom stereocenters. The molecule has 0 aromatic heterocycles. The van der Waals surface area contributed by atoms with Gasteiger partial charge in [0, 0.05) is 5.69 Å². The fraction of sp³-hybridized carbons (Fsp3) is 0.462. The van der Waals surface area contributed by atoms with Crippen molar-refractivity contribution in [1.29, 1.82) is 0 Å². The Morgan fingerprint density at radius 1 is 1.21 bits per heavy atom. The summed E-state index contributed by atoms with van der Waals surface area (Å²) in [5, 5.41) is 2.64. The zero-order valence-corrected chi connectivity index (χ0v) is 12.3. The summed E-state index contributed by atoms with van der Waals surface area (Å²) in [6.07, 6.45) is 0. The lowest BCUT2D eigenvalue weighted by Crippen LogP contribution is -2.33. The van der Waals surface area contributed by atoms with Crippen molar-refractivity contribution in [2.45, 2.75) is 26.7 Å². The maximum absolute atomic E-state index is 11.6. The summed E-state index contributed by atoms with van der Waals surface area (Å²) < 4.78 is 24.6. The number of anilines is 1. The molecule has 2 N–H and O–H groups in total. The lowest BCUT2D eigenvalue weighted by molar-refractivity contribution is -0.115. The Hall–Kier alpha value is -1.40. The summed E-state index contributed by atoms with van der Waals surface area (Å²) in [5.74, 6) is 0.0130. The molecule has 19 heavy (non-hydrogen) atoms. The molecule has 106 valence electrons. The molecule has 5 nitrogen and oxygen atoms in total. The predicted octanol–water partition coefficient (Wildman–Crippen LogP) is 1.69. The standard InChI is InChI=1S/C13H20N2O3S/c1-4-19(17,18)14-9-13(16)15-12-7-5-11(6-8-12)10(2)3/h5-8,10,14H,4,9H2,1-3H3,(H,15,16). The van der Waals surface area contributed by atoms with E-state index in [0.717, 1.165) is 0 Å². The molecule has 0 spiro atoms. The van der Waals surface area contributed by atoms with Gasteiger partial charge in [0.05, 0.1) is 12.3 Å². The molecule has 1 amide bonds. The molecule has 1 aromatic carbocycles. The van der Waals surface area contributed by atoms with E-state index in [1.54, 1.807) is 0 Å². The smallest absolute Gasteiger partial charge is 0.239 e. The maximum Gasteiger partial charge on any atom is 0.239 e. The number of sulfonamides is 1. The van der Waals surface area contributed by atoms with Crippen LogP contribution in [0.25, 0.3) is 0 Å². The number of amides is 1. The summed E-state index contributed by atoms with van der Waals surface area (Å²) in [6, 6.07) is 7.50. The molecule has 0 heterocycles. The van der Waals surface area contributed by atoms with Crippen molar-refractivity contribution in [3.63, 3.8) is 0 Å². The Morgan fingerprint density at radius 2 is 1.79 bits per heavy atom. The van der Waals surface area contributed by atoms with E-state index in [-0.39, 0.29) is 18.2 Å². The molecule has 0 saturated carbocycles. The van der Waals surface area contributed by atoms with Crippen molar-refractivity contribution in [3.05, 3.63) is 29.8 Å². The number of carbonyl (C=O) groups excluding carboxylic acids is 1. The average Bonchev–Trinajstić information content (AvgIpc) is 2.37. The van der Waals surface area contributed by atoms with Crippen LogP contribution in [0.2, 0.25) is 0 Å². The van der Waals surface area contributed by atoms with Crippen molar-refractivity contribution in [1.82, 2.24) is 4.72 Å². The topological polar surface area (TPSA) is 75.3 Å². The number of hydrogen-bond acceptors (Lipinski definition) is 3. The zero-order chi connectivity index (χ0) is 14.5. The monoisotopic (exact) mass is 284 g/mol. The first-order valence-electron chi connectivity index (χ1n) is 6.21. The van der Waals surface area contributed by atoms with Crippen molar-refractivity contribution in [3.8, 4) is 0 Å². The first kappa shape index (κ1) is 15.7. The van der Waals surface area contributed by atoms with E-state index < -0.39 is 10.0 Å². The second kappa shape index (κ2) is 6.68. The van der Waals surface area contributed by atoms with Crippen molar-refractivity contribution < 1.29 is 13.2 Å². The minimum absolute atomic E-state index is 0.0383. The minimum Gasteiger partial charge on any atom is -0.325 e. The quantitative estimate of drug-likeness (QED) is 0.834. The molecule has 1 rings (SSSR count). The third kappa shape index (κ3) is 5.40.